The zero-order chi connectivity index (χ0) is 14.8. The van der Waals surface area contributed by atoms with E-state index in [1.165, 1.54) is 19.3 Å². The zero-order valence-electron chi connectivity index (χ0n) is 12.5. The molecule has 4 nitrogen and oxygen atoms in total. The lowest BCUT2D eigenvalue weighted by Crippen LogP contribution is -2.39. The number of carbonyl (C=O) groups is 1. The van der Waals surface area contributed by atoms with E-state index in [0.29, 0.717) is 17.6 Å². The van der Waals surface area contributed by atoms with Crippen molar-refractivity contribution < 1.29 is 14.6 Å². The molecule has 0 spiro atoms. The highest BCUT2D eigenvalue weighted by atomic mass is 16.5. The highest BCUT2D eigenvalue weighted by Crippen LogP contribution is 2.37. The Bertz CT molecular complexity index is 505. The average molecular weight is 289 g/mol. The summed E-state index contributed by atoms with van der Waals surface area (Å²) in [6.45, 7) is 3.58. The standard InChI is InChI=1S/C17H23NO3/c1-12(21-16-7-2-4-13(8-16)11-19)17(20)18-9-14-5-3-6-15(14)10-18/h2,4,7-8,12,14-15,19H,3,5-6,9-11H2,1H3. The first-order valence-electron chi connectivity index (χ1n) is 7.82. The van der Waals surface area contributed by atoms with Crippen LogP contribution in [0.4, 0.5) is 0 Å². The predicted octanol–water partition coefficient (Wildman–Crippen LogP) is 2.20. The maximum Gasteiger partial charge on any atom is 0.263 e. The molecule has 114 valence electrons. The second-order valence-electron chi connectivity index (χ2n) is 6.26. The molecule has 1 amide bonds. The summed E-state index contributed by atoms with van der Waals surface area (Å²) in [7, 11) is 0. The minimum absolute atomic E-state index is 0.0188. The zero-order valence-corrected chi connectivity index (χ0v) is 12.5. The summed E-state index contributed by atoms with van der Waals surface area (Å²) < 4.78 is 5.75. The third kappa shape index (κ3) is 3.05. The van der Waals surface area contributed by atoms with Crippen LogP contribution in [0.3, 0.4) is 0 Å². The van der Waals surface area contributed by atoms with Crippen molar-refractivity contribution in [3.63, 3.8) is 0 Å². The van der Waals surface area contributed by atoms with Crippen molar-refractivity contribution in [2.75, 3.05) is 13.1 Å². The normalized spacial score (nSPS) is 25.7. The Hall–Kier alpha value is -1.55. The third-order valence-corrected chi connectivity index (χ3v) is 4.78. The molecule has 1 aliphatic carbocycles. The van der Waals surface area contributed by atoms with E-state index < -0.39 is 6.10 Å². The van der Waals surface area contributed by atoms with Gasteiger partial charge in [0, 0.05) is 13.1 Å². The number of amides is 1. The molecule has 2 fully saturated rings. The summed E-state index contributed by atoms with van der Waals surface area (Å²) in [5.41, 5.74) is 0.794. The number of hydrogen-bond donors (Lipinski definition) is 1. The molecule has 1 saturated carbocycles. The Labute approximate surface area is 125 Å². The van der Waals surface area contributed by atoms with Crippen LogP contribution < -0.4 is 4.74 Å². The largest absolute Gasteiger partial charge is 0.481 e. The fourth-order valence-corrected chi connectivity index (χ4v) is 3.64. The topological polar surface area (TPSA) is 49.8 Å². The lowest BCUT2D eigenvalue weighted by Gasteiger charge is -2.22. The van der Waals surface area contributed by atoms with Gasteiger partial charge in [-0.05, 0) is 49.3 Å². The monoisotopic (exact) mass is 289 g/mol. The molecule has 1 aromatic rings. The number of carbonyl (C=O) groups excluding carboxylic acids is 1. The summed E-state index contributed by atoms with van der Waals surface area (Å²) in [4.78, 5) is 14.5. The van der Waals surface area contributed by atoms with Gasteiger partial charge in [0.1, 0.15) is 5.75 Å². The molecule has 0 aromatic heterocycles. The average Bonchev–Trinajstić information content (AvgIpc) is 3.07. The Balaban J connectivity index is 1.59. The number of rotatable bonds is 4. The molecular formula is C17H23NO3. The first-order valence-corrected chi connectivity index (χ1v) is 7.82. The fourth-order valence-electron chi connectivity index (χ4n) is 3.64. The number of likely N-dealkylation sites (tertiary alicyclic amines) is 1. The van der Waals surface area contributed by atoms with Gasteiger partial charge < -0.3 is 14.7 Å². The van der Waals surface area contributed by atoms with E-state index in [4.69, 9.17) is 9.84 Å². The number of nitrogens with zero attached hydrogens (tertiary/aromatic N) is 1. The second kappa shape index (κ2) is 6.06. The molecule has 1 heterocycles. The van der Waals surface area contributed by atoms with Crippen LogP contribution in [-0.2, 0) is 11.4 Å². The number of aliphatic hydroxyl groups excluding tert-OH is 1. The summed E-state index contributed by atoms with van der Waals surface area (Å²) in [5.74, 6) is 2.14. The van der Waals surface area contributed by atoms with E-state index in [1.807, 2.05) is 30.0 Å². The van der Waals surface area contributed by atoms with E-state index in [0.717, 1.165) is 18.7 Å². The molecule has 0 radical (unpaired) electrons. The first kappa shape index (κ1) is 14.4. The molecule has 2 aliphatic rings. The summed E-state index contributed by atoms with van der Waals surface area (Å²) in [6.07, 6.45) is 3.37. The van der Waals surface area contributed by atoms with Crippen LogP contribution in [0.25, 0.3) is 0 Å². The minimum atomic E-state index is -0.474. The minimum Gasteiger partial charge on any atom is -0.481 e. The molecular weight excluding hydrogens is 266 g/mol. The van der Waals surface area contributed by atoms with Crippen LogP contribution in [0.5, 0.6) is 5.75 Å². The van der Waals surface area contributed by atoms with E-state index >= 15 is 0 Å². The lowest BCUT2D eigenvalue weighted by atomic mass is 10.0. The first-order chi connectivity index (χ1) is 10.2. The van der Waals surface area contributed by atoms with Crippen LogP contribution >= 0.6 is 0 Å². The molecule has 1 aromatic carbocycles. The molecule has 4 heteroatoms. The Kier molecular flexibility index (Phi) is 4.15. The summed E-state index contributed by atoms with van der Waals surface area (Å²) >= 11 is 0. The number of fused-ring (bicyclic) bond motifs is 1. The molecule has 1 N–H and O–H groups in total. The highest BCUT2D eigenvalue weighted by molar-refractivity contribution is 5.81. The van der Waals surface area contributed by atoms with Crippen molar-refractivity contribution in [1.29, 1.82) is 0 Å². The van der Waals surface area contributed by atoms with Crippen molar-refractivity contribution in [3.05, 3.63) is 29.8 Å². The van der Waals surface area contributed by atoms with Gasteiger partial charge in [0.2, 0.25) is 0 Å². The van der Waals surface area contributed by atoms with E-state index in [2.05, 4.69) is 0 Å². The quantitative estimate of drug-likeness (QED) is 0.924. The third-order valence-electron chi connectivity index (χ3n) is 4.78. The molecule has 1 aliphatic heterocycles. The maximum atomic E-state index is 12.5. The second-order valence-corrected chi connectivity index (χ2v) is 6.26. The van der Waals surface area contributed by atoms with Crippen LogP contribution in [0.1, 0.15) is 31.7 Å². The molecule has 0 bridgehead atoms. The Morgan fingerprint density at radius 2 is 2.10 bits per heavy atom. The van der Waals surface area contributed by atoms with Gasteiger partial charge in [0.05, 0.1) is 6.61 Å². The van der Waals surface area contributed by atoms with Crippen molar-refractivity contribution in [2.45, 2.75) is 38.9 Å². The molecule has 3 unspecified atom stereocenters. The lowest BCUT2D eigenvalue weighted by molar-refractivity contribution is -0.137. The Morgan fingerprint density at radius 3 is 2.76 bits per heavy atom. The molecule has 3 atom stereocenters. The van der Waals surface area contributed by atoms with Gasteiger partial charge in [-0.25, -0.2) is 0 Å². The number of hydrogen-bond acceptors (Lipinski definition) is 3. The van der Waals surface area contributed by atoms with Gasteiger partial charge in [0.15, 0.2) is 6.10 Å². The van der Waals surface area contributed by atoms with Gasteiger partial charge >= 0.3 is 0 Å². The van der Waals surface area contributed by atoms with Crippen molar-refractivity contribution in [3.8, 4) is 5.75 Å². The number of benzene rings is 1. The van der Waals surface area contributed by atoms with E-state index in [1.54, 1.807) is 6.07 Å². The van der Waals surface area contributed by atoms with Gasteiger partial charge in [-0.15, -0.1) is 0 Å². The van der Waals surface area contributed by atoms with Gasteiger partial charge in [-0.2, -0.15) is 0 Å². The smallest absolute Gasteiger partial charge is 0.263 e. The summed E-state index contributed by atoms with van der Waals surface area (Å²) in [6, 6.07) is 7.27. The van der Waals surface area contributed by atoms with Crippen molar-refractivity contribution >= 4 is 5.91 Å². The molecule has 1 saturated heterocycles. The van der Waals surface area contributed by atoms with Gasteiger partial charge in [-0.1, -0.05) is 18.6 Å². The van der Waals surface area contributed by atoms with Gasteiger partial charge in [-0.3, -0.25) is 4.79 Å². The number of ether oxygens (including phenoxy) is 1. The SMILES string of the molecule is CC(Oc1cccc(CO)c1)C(=O)N1CC2CCCC2C1. The van der Waals surface area contributed by atoms with Crippen molar-refractivity contribution in [2.24, 2.45) is 11.8 Å². The number of aliphatic hydroxyl groups is 1. The van der Waals surface area contributed by atoms with Gasteiger partial charge in [0.25, 0.3) is 5.91 Å². The molecule has 21 heavy (non-hydrogen) atoms. The predicted molar refractivity (Wildman–Crippen MR) is 79.9 cm³/mol. The summed E-state index contributed by atoms with van der Waals surface area (Å²) in [5, 5.41) is 9.14. The van der Waals surface area contributed by atoms with Crippen LogP contribution in [0.2, 0.25) is 0 Å². The fraction of sp³-hybridized carbons (Fsp3) is 0.588. The van der Waals surface area contributed by atoms with Crippen LogP contribution in [0.15, 0.2) is 24.3 Å². The van der Waals surface area contributed by atoms with E-state index in [-0.39, 0.29) is 12.5 Å². The molecule has 3 rings (SSSR count). The Morgan fingerprint density at radius 1 is 1.38 bits per heavy atom. The van der Waals surface area contributed by atoms with E-state index in [9.17, 15) is 4.79 Å². The highest BCUT2D eigenvalue weighted by Gasteiger charge is 2.39. The van der Waals surface area contributed by atoms with Crippen LogP contribution in [0, 0.1) is 11.8 Å². The van der Waals surface area contributed by atoms with Crippen molar-refractivity contribution in [1.82, 2.24) is 4.90 Å². The van der Waals surface area contributed by atoms with Crippen LogP contribution in [-0.4, -0.2) is 35.1 Å². The maximum absolute atomic E-state index is 12.5.